The minimum Gasteiger partial charge on any atom is -0.360 e. The number of pyridine rings is 1. The molecule has 0 amide bonds. The second kappa shape index (κ2) is 6.80. The summed E-state index contributed by atoms with van der Waals surface area (Å²) in [6.45, 7) is 1.93. The largest absolute Gasteiger partial charge is 0.360 e. The number of para-hydroxylation sites is 1. The Morgan fingerprint density at radius 1 is 0.964 bits per heavy atom. The van der Waals surface area contributed by atoms with Crippen molar-refractivity contribution in [2.24, 2.45) is 0 Å². The summed E-state index contributed by atoms with van der Waals surface area (Å²) in [5.74, 6) is 0.163. The Bertz CT molecular complexity index is 1170. The van der Waals surface area contributed by atoms with Gasteiger partial charge in [-0.05, 0) is 24.3 Å². The molecule has 28 heavy (non-hydrogen) atoms. The van der Waals surface area contributed by atoms with Gasteiger partial charge in [0, 0.05) is 42.6 Å². The maximum absolute atomic E-state index is 14.2. The van der Waals surface area contributed by atoms with Crippen molar-refractivity contribution < 1.29 is 13.3 Å². The first-order valence-electron chi connectivity index (χ1n) is 9.18. The molecule has 0 saturated carbocycles. The molecule has 0 radical (unpaired) electrons. The highest BCUT2D eigenvalue weighted by molar-refractivity contribution is 5.79. The highest BCUT2D eigenvalue weighted by Gasteiger charge is 2.26. The van der Waals surface area contributed by atoms with Crippen molar-refractivity contribution in [3.8, 4) is 11.3 Å². The Kier molecular flexibility index (Phi) is 4.13. The highest BCUT2D eigenvalue weighted by Crippen LogP contribution is 2.31. The van der Waals surface area contributed by atoms with Gasteiger partial charge >= 0.3 is 0 Å². The Balaban J connectivity index is 1.43. The van der Waals surface area contributed by atoms with Crippen LogP contribution in [0.5, 0.6) is 0 Å². The van der Waals surface area contributed by atoms with Crippen LogP contribution in [0.15, 0.2) is 59.1 Å². The average molecular weight is 377 g/mol. The lowest BCUT2D eigenvalue weighted by Gasteiger charge is -2.25. The minimum atomic E-state index is -0.318. The number of hydrogen-bond donors (Lipinski definition) is 0. The molecule has 0 bridgehead atoms. The van der Waals surface area contributed by atoms with E-state index < -0.39 is 0 Å². The molecule has 4 aromatic rings. The molecule has 0 aliphatic carbocycles. The number of halogens is 2. The monoisotopic (exact) mass is 377 g/mol. The number of aromatic nitrogens is 2. The van der Waals surface area contributed by atoms with E-state index in [0.29, 0.717) is 36.3 Å². The van der Waals surface area contributed by atoms with Gasteiger partial charge in [0.15, 0.2) is 0 Å². The van der Waals surface area contributed by atoms with E-state index in [1.54, 1.807) is 24.3 Å². The van der Waals surface area contributed by atoms with Gasteiger partial charge in [-0.15, -0.1) is 0 Å². The Morgan fingerprint density at radius 2 is 1.82 bits per heavy atom. The van der Waals surface area contributed by atoms with Crippen molar-refractivity contribution in [2.45, 2.75) is 19.5 Å². The first-order chi connectivity index (χ1) is 13.7. The van der Waals surface area contributed by atoms with Gasteiger partial charge in [-0.1, -0.05) is 35.5 Å². The van der Waals surface area contributed by atoms with E-state index in [0.717, 1.165) is 28.9 Å². The fourth-order valence-corrected chi connectivity index (χ4v) is 3.73. The number of fused-ring (bicyclic) bond motifs is 2. The third kappa shape index (κ3) is 2.96. The van der Waals surface area contributed by atoms with Gasteiger partial charge in [0.25, 0.3) is 0 Å². The highest BCUT2D eigenvalue weighted by atomic mass is 19.1. The Hall–Kier alpha value is -3.12. The van der Waals surface area contributed by atoms with Crippen LogP contribution < -0.4 is 0 Å². The van der Waals surface area contributed by atoms with Crippen molar-refractivity contribution in [1.29, 1.82) is 0 Å². The number of benzene rings is 2. The lowest BCUT2D eigenvalue weighted by atomic mass is 10.0. The van der Waals surface area contributed by atoms with E-state index in [9.17, 15) is 8.78 Å². The maximum atomic E-state index is 14.2. The topological polar surface area (TPSA) is 42.2 Å². The maximum Gasteiger partial charge on any atom is 0.149 e. The SMILES string of the molecule is Fc1ccccc1-c1noc2c1CN(Cc1ccc3cccc(F)c3n1)CC2. The lowest BCUT2D eigenvalue weighted by molar-refractivity contribution is 0.226. The van der Waals surface area contributed by atoms with Crippen LogP contribution in [0, 0.1) is 11.6 Å². The summed E-state index contributed by atoms with van der Waals surface area (Å²) in [5.41, 5.74) is 3.08. The number of nitrogens with zero attached hydrogens (tertiary/aromatic N) is 3. The molecule has 0 spiro atoms. The number of rotatable bonds is 3. The summed E-state index contributed by atoms with van der Waals surface area (Å²) in [7, 11) is 0. The molecule has 3 heterocycles. The molecule has 2 aromatic carbocycles. The molecule has 2 aromatic heterocycles. The van der Waals surface area contributed by atoms with Gasteiger partial charge < -0.3 is 4.52 Å². The van der Waals surface area contributed by atoms with Crippen LogP contribution in [0.25, 0.3) is 22.2 Å². The molecule has 1 aliphatic rings. The molecular weight excluding hydrogens is 360 g/mol. The summed E-state index contributed by atoms with van der Waals surface area (Å²) in [6.07, 6.45) is 0.693. The Labute approximate surface area is 160 Å². The first kappa shape index (κ1) is 17.0. The molecular formula is C22H17F2N3O. The van der Waals surface area contributed by atoms with Crippen molar-refractivity contribution in [1.82, 2.24) is 15.0 Å². The molecule has 4 nitrogen and oxygen atoms in total. The van der Waals surface area contributed by atoms with Crippen LogP contribution in [-0.2, 0) is 19.5 Å². The van der Waals surface area contributed by atoms with E-state index in [4.69, 9.17) is 4.52 Å². The van der Waals surface area contributed by atoms with Crippen LogP contribution in [-0.4, -0.2) is 21.6 Å². The van der Waals surface area contributed by atoms with Gasteiger partial charge in [-0.3, -0.25) is 4.90 Å². The van der Waals surface area contributed by atoms with Crippen LogP contribution in [0.3, 0.4) is 0 Å². The van der Waals surface area contributed by atoms with Crippen LogP contribution in [0.1, 0.15) is 17.0 Å². The molecule has 0 unspecified atom stereocenters. The van der Waals surface area contributed by atoms with Crippen LogP contribution in [0.2, 0.25) is 0 Å². The van der Waals surface area contributed by atoms with Gasteiger partial charge in [0.2, 0.25) is 0 Å². The predicted octanol–water partition coefficient (Wildman–Crippen LogP) is 4.73. The fraction of sp³-hybridized carbons (Fsp3) is 0.182. The van der Waals surface area contributed by atoms with Gasteiger partial charge in [-0.25, -0.2) is 13.8 Å². The fourth-order valence-electron chi connectivity index (χ4n) is 3.73. The first-order valence-corrected chi connectivity index (χ1v) is 9.18. The predicted molar refractivity (Wildman–Crippen MR) is 101 cm³/mol. The van der Waals surface area contributed by atoms with Crippen molar-refractivity contribution >= 4 is 10.9 Å². The standard InChI is InChI=1S/C22H17F2N3O/c23-18-6-2-1-5-16(18)22-17-13-27(11-10-20(17)28-26-22)12-15-9-8-14-4-3-7-19(24)21(14)25-15/h1-9H,10-13H2. The quantitative estimate of drug-likeness (QED) is 0.518. The molecule has 0 saturated heterocycles. The van der Waals surface area contributed by atoms with Crippen LogP contribution >= 0.6 is 0 Å². The van der Waals surface area contributed by atoms with E-state index in [-0.39, 0.29) is 11.6 Å². The minimum absolute atomic E-state index is 0.317. The zero-order valence-corrected chi connectivity index (χ0v) is 15.0. The van der Waals surface area contributed by atoms with E-state index in [1.807, 2.05) is 18.2 Å². The number of hydrogen-bond acceptors (Lipinski definition) is 4. The molecule has 0 fully saturated rings. The average Bonchev–Trinajstić information content (AvgIpc) is 3.12. The second-order valence-electron chi connectivity index (χ2n) is 6.99. The zero-order chi connectivity index (χ0) is 19.1. The molecule has 1 aliphatic heterocycles. The van der Waals surface area contributed by atoms with E-state index in [2.05, 4.69) is 15.0 Å². The van der Waals surface area contributed by atoms with Crippen LogP contribution in [0.4, 0.5) is 8.78 Å². The third-order valence-corrected chi connectivity index (χ3v) is 5.15. The van der Waals surface area contributed by atoms with E-state index in [1.165, 1.54) is 12.1 Å². The van der Waals surface area contributed by atoms with Crippen molar-refractivity contribution in [2.75, 3.05) is 6.54 Å². The Morgan fingerprint density at radius 3 is 2.71 bits per heavy atom. The summed E-state index contributed by atoms with van der Waals surface area (Å²) < 4.78 is 33.7. The molecule has 0 N–H and O–H groups in total. The lowest BCUT2D eigenvalue weighted by Crippen LogP contribution is -2.30. The second-order valence-corrected chi connectivity index (χ2v) is 6.99. The molecule has 6 heteroatoms. The van der Waals surface area contributed by atoms with Gasteiger partial charge in [0.1, 0.15) is 28.6 Å². The van der Waals surface area contributed by atoms with Crippen molar-refractivity contribution in [3.05, 3.63) is 83.2 Å². The summed E-state index contributed by atoms with van der Waals surface area (Å²) in [4.78, 5) is 6.68. The smallest absolute Gasteiger partial charge is 0.149 e. The summed E-state index contributed by atoms with van der Waals surface area (Å²) in [5, 5.41) is 4.90. The molecule has 140 valence electrons. The molecule has 5 rings (SSSR count). The zero-order valence-electron chi connectivity index (χ0n) is 15.0. The molecule has 0 atom stereocenters. The summed E-state index contributed by atoms with van der Waals surface area (Å²) >= 11 is 0. The van der Waals surface area contributed by atoms with Gasteiger partial charge in [0.05, 0.1) is 5.69 Å². The third-order valence-electron chi connectivity index (χ3n) is 5.15. The normalized spacial score (nSPS) is 14.4. The van der Waals surface area contributed by atoms with Gasteiger partial charge in [-0.2, -0.15) is 0 Å². The van der Waals surface area contributed by atoms with Crippen molar-refractivity contribution in [3.63, 3.8) is 0 Å². The van der Waals surface area contributed by atoms with E-state index >= 15 is 0 Å². The summed E-state index contributed by atoms with van der Waals surface area (Å²) in [6, 6.07) is 15.3.